The van der Waals surface area contributed by atoms with Crippen LogP contribution in [0.3, 0.4) is 0 Å². The average molecular weight is 415 g/mol. The number of carbonyl (C=O) groups is 1. The van der Waals surface area contributed by atoms with Gasteiger partial charge in [-0.1, -0.05) is 59.5 Å². The van der Waals surface area contributed by atoms with Crippen LogP contribution in [0, 0.1) is 5.82 Å². The number of halogens is 1. The van der Waals surface area contributed by atoms with Gasteiger partial charge in [0.2, 0.25) is 11.0 Å². The molecule has 2 aromatic carbocycles. The zero-order valence-corrected chi connectivity index (χ0v) is 16.7. The molecular formula is C20H19FN4OS2. The van der Waals surface area contributed by atoms with E-state index in [4.69, 9.17) is 0 Å². The molecule has 0 bridgehead atoms. The first kappa shape index (κ1) is 18.9. The van der Waals surface area contributed by atoms with E-state index in [2.05, 4.69) is 33.0 Å². The first-order valence-electron chi connectivity index (χ1n) is 9.04. The fourth-order valence-electron chi connectivity index (χ4n) is 3.26. The van der Waals surface area contributed by atoms with Gasteiger partial charge in [-0.15, -0.1) is 10.2 Å². The molecule has 4 rings (SSSR count). The monoisotopic (exact) mass is 414 g/mol. The van der Waals surface area contributed by atoms with Gasteiger partial charge in [0.05, 0.1) is 17.5 Å². The number of thioether (sulfide) groups is 1. The molecule has 2 N–H and O–H groups in total. The van der Waals surface area contributed by atoms with Gasteiger partial charge in [0.15, 0.2) is 4.34 Å². The molecule has 1 heterocycles. The van der Waals surface area contributed by atoms with Crippen LogP contribution in [-0.4, -0.2) is 21.9 Å². The summed E-state index contributed by atoms with van der Waals surface area (Å²) >= 11 is 2.63. The maximum absolute atomic E-state index is 13.7. The van der Waals surface area contributed by atoms with Gasteiger partial charge in [0.1, 0.15) is 5.82 Å². The zero-order valence-electron chi connectivity index (χ0n) is 15.0. The summed E-state index contributed by atoms with van der Waals surface area (Å²) in [6, 6.07) is 14.8. The van der Waals surface area contributed by atoms with Gasteiger partial charge < -0.3 is 10.6 Å². The number of fused-ring (bicyclic) bond motifs is 1. The Balaban J connectivity index is 1.31. The van der Waals surface area contributed by atoms with Gasteiger partial charge in [-0.3, -0.25) is 4.79 Å². The van der Waals surface area contributed by atoms with E-state index in [0.29, 0.717) is 15.2 Å². The standard InChI is InChI=1S/C20H19FN4OS2/c21-15-9-3-4-10-17(15)23-19-24-25-20(28-19)27-12-18(26)22-16-11-5-7-13-6-1-2-8-14(13)16/h1-4,6,8-10,16H,5,7,11-12H2,(H,22,26)(H,23,24). The second-order valence-corrected chi connectivity index (χ2v) is 8.68. The van der Waals surface area contributed by atoms with Crippen LogP contribution in [0.1, 0.15) is 30.0 Å². The van der Waals surface area contributed by atoms with E-state index in [1.165, 1.54) is 40.3 Å². The summed E-state index contributed by atoms with van der Waals surface area (Å²) in [6.07, 6.45) is 3.11. The highest BCUT2D eigenvalue weighted by molar-refractivity contribution is 8.01. The van der Waals surface area contributed by atoms with Crippen LogP contribution in [-0.2, 0) is 11.2 Å². The lowest BCUT2D eigenvalue weighted by Gasteiger charge is -2.26. The number of amides is 1. The highest BCUT2D eigenvalue weighted by Gasteiger charge is 2.21. The molecule has 1 aliphatic carbocycles. The van der Waals surface area contributed by atoms with Crippen molar-refractivity contribution in [2.45, 2.75) is 29.6 Å². The van der Waals surface area contributed by atoms with Crippen molar-refractivity contribution in [2.75, 3.05) is 11.1 Å². The highest BCUT2D eigenvalue weighted by atomic mass is 32.2. The lowest BCUT2D eigenvalue weighted by molar-refractivity contribution is -0.119. The van der Waals surface area contributed by atoms with E-state index in [-0.39, 0.29) is 23.5 Å². The average Bonchev–Trinajstić information content (AvgIpc) is 3.16. The van der Waals surface area contributed by atoms with Crippen LogP contribution in [0.5, 0.6) is 0 Å². The number of hydrogen-bond donors (Lipinski definition) is 2. The molecule has 1 aromatic heterocycles. The van der Waals surface area contributed by atoms with Crippen LogP contribution < -0.4 is 10.6 Å². The quantitative estimate of drug-likeness (QED) is 0.572. The molecule has 1 atom stereocenters. The van der Waals surface area contributed by atoms with Crippen molar-refractivity contribution >= 4 is 39.8 Å². The number of rotatable bonds is 6. The van der Waals surface area contributed by atoms with Crippen LogP contribution in [0.25, 0.3) is 0 Å². The predicted octanol–water partition coefficient (Wildman–Crippen LogP) is 4.71. The van der Waals surface area contributed by atoms with Gasteiger partial charge in [0.25, 0.3) is 0 Å². The smallest absolute Gasteiger partial charge is 0.230 e. The highest BCUT2D eigenvalue weighted by Crippen LogP contribution is 2.31. The maximum atomic E-state index is 13.7. The minimum Gasteiger partial charge on any atom is -0.349 e. The lowest BCUT2D eigenvalue weighted by Crippen LogP contribution is -2.32. The van der Waals surface area contributed by atoms with Crippen LogP contribution in [0.2, 0.25) is 0 Å². The van der Waals surface area contributed by atoms with E-state index in [1.807, 2.05) is 12.1 Å². The normalized spacial score (nSPS) is 15.7. The summed E-state index contributed by atoms with van der Waals surface area (Å²) in [5.74, 6) is -0.0999. The summed E-state index contributed by atoms with van der Waals surface area (Å²) in [7, 11) is 0. The predicted molar refractivity (Wildman–Crippen MR) is 111 cm³/mol. The molecule has 0 aliphatic heterocycles. The minimum absolute atomic E-state index is 0.0227. The number of aromatic nitrogens is 2. The van der Waals surface area contributed by atoms with Crippen LogP contribution in [0.4, 0.5) is 15.2 Å². The van der Waals surface area contributed by atoms with Crippen LogP contribution >= 0.6 is 23.1 Å². The Labute approximate surface area is 170 Å². The molecular weight excluding hydrogens is 395 g/mol. The molecule has 0 saturated heterocycles. The number of anilines is 2. The van der Waals surface area contributed by atoms with E-state index in [0.717, 1.165) is 19.3 Å². The molecule has 5 nitrogen and oxygen atoms in total. The Kier molecular flexibility index (Phi) is 5.87. The van der Waals surface area contributed by atoms with Crippen molar-refractivity contribution in [1.82, 2.24) is 15.5 Å². The largest absolute Gasteiger partial charge is 0.349 e. The second kappa shape index (κ2) is 8.70. The zero-order chi connectivity index (χ0) is 19.3. The summed E-state index contributed by atoms with van der Waals surface area (Å²) < 4.78 is 14.4. The Bertz CT molecular complexity index is 978. The van der Waals surface area contributed by atoms with Crippen molar-refractivity contribution in [2.24, 2.45) is 0 Å². The third-order valence-electron chi connectivity index (χ3n) is 4.55. The molecule has 28 heavy (non-hydrogen) atoms. The third-order valence-corrected chi connectivity index (χ3v) is 6.53. The molecule has 1 amide bonds. The van der Waals surface area contributed by atoms with Crippen LogP contribution in [0.15, 0.2) is 52.9 Å². The molecule has 144 valence electrons. The summed E-state index contributed by atoms with van der Waals surface area (Å²) in [4.78, 5) is 12.4. The van der Waals surface area contributed by atoms with Gasteiger partial charge in [-0.05, 0) is 42.5 Å². The molecule has 8 heteroatoms. The number of aryl methyl sites for hydroxylation is 1. The number of nitrogens with one attached hydrogen (secondary N) is 2. The Morgan fingerprint density at radius 3 is 2.89 bits per heavy atom. The van der Waals surface area contributed by atoms with Gasteiger partial charge in [-0.2, -0.15) is 0 Å². The fraction of sp³-hybridized carbons (Fsp3) is 0.250. The SMILES string of the molecule is O=C(CSc1nnc(Nc2ccccc2F)s1)NC1CCCc2ccccc21. The number of nitrogens with zero attached hydrogens (tertiary/aromatic N) is 2. The Morgan fingerprint density at radius 2 is 2.00 bits per heavy atom. The van der Waals surface area contributed by atoms with Crippen molar-refractivity contribution < 1.29 is 9.18 Å². The van der Waals surface area contributed by atoms with Gasteiger partial charge in [-0.25, -0.2) is 4.39 Å². The number of benzene rings is 2. The van der Waals surface area contributed by atoms with E-state index < -0.39 is 0 Å². The van der Waals surface area contributed by atoms with E-state index in [1.54, 1.807) is 18.2 Å². The fourth-order valence-corrected chi connectivity index (χ4v) is 4.84. The Morgan fingerprint density at radius 1 is 1.18 bits per heavy atom. The Hall–Kier alpha value is -2.45. The number of carbonyl (C=O) groups excluding carboxylic acids is 1. The number of para-hydroxylation sites is 1. The van der Waals surface area contributed by atoms with E-state index in [9.17, 15) is 9.18 Å². The first-order chi connectivity index (χ1) is 13.7. The molecule has 0 spiro atoms. The lowest BCUT2D eigenvalue weighted by atomic mass is 9.88. The summed E-state index contributed by atoms with van der Waals surface area (Å²) in [5.41, 5.74) is 2.89. The topological polar surface area (TPSA) is 66.9 Å². The van der Waals surface area contributed by atoms with Crippen molar-refractivity contribution in [1.29, 1.82) is 0 Å². The second-order valence-electron chi connectivity index (χ2n) is 6.48. The third kappa shape index (κ3) is 4.51. The van der Waals surface area contributed by atoms with E-state index >= 15 is 0 Å². The molecule has 0 saturated carbocycles. The van der Waals surface area contributed by atoms with Gasteiger partial charge in [0, 0.05) is 0 Å². The molecule has 0 radical (unpaired) electrons. The molecule has 3 aromatic rings. The number of hydrogen-bond acceptors (Lipinski definition) is 6. The van der Waals surface area contributed by atoms with Crippen molar-refractivity contribution in [3.8, 4) is 0 Å². The summed E-state index contributed by atoms with van der Waals surface area (Å²) in [6.45, 7) is 0. The van der Waals surface area contributed by atoms with Crippen molar-refractivity contribution in [3.63, 3.8) is 0 Å². The molecule has 1 unspecified atom stereocenters. The summed E-state index contributed by atoms with van der Waals surface area (Å²) in [5, 5.41) is 14.6. The maximum Gasteiger partial charge on any atom is 0.230 e. The minimum atomic E-state index is -0.348. The van der Waals surface area contributed by atoms with Crippen molar-refractivity contribution in [3.05, 3.63) is 65.5 Å². The molecule has 0 fully saturated rings. The molecule has 1 aliphatic rings. The van der Waals surface area contributed by atoms with Gasteiger partial charge >= 0.3 is 0 Å². The first-order valence-corrected chi connectivity index (χ1v) is 10.8.